The maximum Gasteiger partial charge on any atom is 0.261 e. The van der Waals surface area contributed by atoms with Crippen molar-refractivity contribution in [2.75, 3.05) is 23.1 Å². The molecular formula is C24H26N4O3S. The van der Waals surface area contributed by atoms with Crippen LogP contribution in [0.25, 0.3) is 0 Å². The first-order chi connectivity index (χ1) is 15.5. The van der Waals surface area contributed by atoms with Gasteiger partial charge in [-0.15, -0.1) is 0 Å². The predicted octanol–water partition coefficient (Wildman–Crippen LogP) is 4.12. The summed E-state index contributed by atoms with van der Waals surface area (Å²) in [7, 11) is -3.73. The van der Waals surface area contributed by atoms with Crippen molar-refractivity contribution in [1.82, 2.24) is 9.88 Å². The highest BCUT2D eigenvalue weighted by Crippen LogP contribution is 2.19. The average molecular weight is 451 g/mol. The van der Waals surface area contributed by atoms with Crippen LogP contribution in [0, 0.1) is 0 Å². The molecule has 7 nitrogen and oxygen atoms in total. The van der Waals surface area contributed by atoms with Gasteiger partial charge in [0, 0.05) is 24.0 Å². The largest absolute Gasteiger partial charge is 0.322 e. The molecule has 2 aromatic carbocycles. The Bertz CT molecular complexity index is 1140. The second-order valence-electron chi connectivity index (χ2n) is 7.86. The first-order valence-corrected chi connectivity index (χ1v) is 12.1. The Morgan fingerprint density at radius 3 is 2.28 bits per heavy atom. The van der Waals surface area contributed by atoms with Gasteiger partial charge in [0.05, 0.1) is 16.8 Å². The maximum atomic E-state index is 12.6. The van der Waals surface area contributed by atoms with Crippen LogP contribution in [-0.4, -0.2) is 37.3 Å². The maximum absolute atomic E-state index is 12.6. The van der Waals surface area contributed by atoms with E-state index in [9.17, 15) is 13.2 Å². The lowest BCUT2D eigenvalue weighted by molar-refractivity contribution is 0.102. The number of carbonyl (C=O) groups is 1. The Labute approximate surface area is 188 Å². The van der Waals surface area contributed by atoms with Crippen LogP contribution in [0.5, 0.6) is 0 Å². The normalized spacial score (nSPS) is 14.6. The van der Waals surface area contributed by atoms with Crippen LogP contribution in [0.15, 0.2) is 78.0 Å². The predicted molar refractivity (Wildman–Crippen MR) is 125 cm³/mol. The highest BCUT2D eigenvalue weighted by molar-refractivity contribution is 7.92. The first-order valence-electron chi connectivity index (χ1n) is 10.7. The molecule has 1 amide bonds. The van der Waals surface area contributed by atoms with Crippen molar-refractivity contribution in [3.05, 3.63) is 84.2 Å². The fraction of sp³-hybridized carbons (Fsp3) is 0.250. The lowest BCUT2D eigenvalue weighted by Gasteiger charge is -2.26. The Morgan fingerprint density at radius 1 is 0.906 bits per heavy atom. The lowest BCUT2D eigenvalue weighted by Crippen LogP contribution is -2.29. The molecule has 32 heavy (non-hydrogen) atoms. The third-order valence-corrected chi connectivity index (χ3v) is 6.80. The highest BCUT2D eigenvalue weighted by Gasteiger charge is 2.15. The number of pyridine rings is 1. The molecule has 0 saturated carbocycles. The summed E-state index contributed by atoms with van der Waals surface area (Å²) in [6.45, 7) is 3.17. The molecule has 1 saturated heterocycles. The van der Waals surface area contributed by atoms with Crippen molar-refractivity contribution in [2.24, 2.45) is 0 Å². The summed E-state index contributed by atoms with van der Waals surface area (Å²) in [6.07, 6.45) is 6.81. The molecule has 0 spiro atoms. The van der Waals surface area contributed by atoms with Gasteiger partial charge in [-0.25, -0.2) is 8.42 Å². The molecule has 1 fully saturated rings. The zero-order valence-corrected chi connectivity index (χ0v) is 18.5. The number of nitrogens with zero attached hydrogens (tertiary/aromatic N) is 2. The van der Waals surface area contributed by atoms with Crippen molar-refractivity contribution in [1.29, 1.82) is 0 Å². The van der Waals surface area contributed by atoms with E-state index in [4.69, 9.17) is 0 Å². The van der Waals surface area contributed by atoms with Gasteiger partial charge in [0.15, 0.2) is 0 Å². The number of nitrogens with one attached hydrogen (secondary N) is 2. The van der Waals surface area contributed by atoms with Crippen molar-refractivity contribution < 1.29 is 13.2 Å². The van der Waals surface area contributed by atoms with E-state index in [1.54, 1.807) is 30.5 Å². The molecular weight excluding hydrogens is 424 g/mol. The number of anilines is 2. The van der Waals surface area contributed by atoms with Gasteiger partial charge < -0.3 is 5.32 Å². The van der Waals surface area contributed by atoms with Crippen LogP contribution in [0.1, 0.15) is 35.2 Å². The van der Waals surface area contributed by atoms with Crippen molar-refractivity contribution in [2.45, 2.75) is 30.7 Å². The number of carbonyl (C=O) groups excluding carboxylic acids is 1. The number of likely N-dealkylation sites (tertiary alicyclic amines) is 1. The third-order valence-electron chi connectivity index (χ3n) is 5.41. The Morgan fingerprint density at radius 2 is 1.62 bits per heavy atom. The van der Waals surface area contributed by atoms with Gasteiger partial charge in [0.25, 0.3) is 15.9 Å². The zero-order valence-electron chi connectivity index (χ0n) is 17.7. The van der Waals surface area contributed by atoms with E-state index in [-0.39, 0.29) is 10.8 Å². The number of piperidine rings is 1. The van der Waals surface area contributed by atoms with Gasteiger partial charge in [-0.05, 0) is 80.0 Å². The fourth-order valence-electron chi connectivity index (χ4n) is 3.70. The summed E-state index contributed by atoms with van der Waals surface area (Å²) in [4.78, 5) is 19.0. The molecule has 0 aliphatic carbocycles. The Hall–Kier alpha value is -3.23. The van der Waals surface area contributed by atoms with Gasteiger partial charge in [-0.1, -0.05) is 18.6 Å². The standard InChI is InChI=1S/C24H26N4O3S/c29-24(20-8-6-19(7-9-20)18-28-15-2-1-3-16-28)26-21-10-12-23(13-11-21)32(30,31)27-22-5-4-14-25-17-22/h4-14,17,27H,1-3,15-16,18H2,(H,26,29). The quantitative estimate of drug-likeness (QED) is 0.565. The molecule has 2 N–H and O–H groups in total. The third kappa shape index (κ3) is 5.72. The summed E-state index contributed by atoms with van der Waals surface area (Å²) in [5.41, 5.74) is 2.66. The average Bonchev–Trinajstić information content (AvgIpc) is 2.81. The van der Waals surface area contributed by atoms with E-state index >= 15 is 0 Å². The number of hydrogen-bond acceptors (Lipinski definition) is 5. The van der Waals surface area contributed by atoms with Gasteiger partial charge in [0.1, 0.15) is 0 Å². The van der Waals surface area contributed by atoms with Crippen LogP contribution in [0.2, 0.25) is 0 Å². The summed E-state index contributed by atoms with van der Waals surface area (Å²) < 4.78 is 27.5. The van der Waals surface area contributed by atoms with Gasteiger partial charge >= 0.3 is 0 Å². The zero-order chi connectivity index (χ0) is 22.4. The van der Waals surface area contributed by atoms with Gasteiger partial charge in [-0.3, -0.25) is 19.4 Å². The van der Waals surface area contributed by atoms with E-state index in [0.29, 0.717) is 16.9 Å². The summed E-state index contributed by atoms with van der Waals surface area (Å²) in [5.74, 6) is -0.237. The molecule has 3 aromatic rings. The minimum atomic E-state index is -3.73. The monoisotopic (exact) mass is 450 g/mol. The topological polar surface area (TPSA) is 91.4 Å². The minimum Gasteiger partial charge on any atom is -0.322 e. The van der Waals surface area contributed by atoms with E-state index in [2.05, 4.69) is 19.9 Å². The molecule has 4 rings (SSSR count). The number of hydrogen-bond donors (Lipinski definition) is 2. The highest BCUT2D eigenvalue weighted by atomic mass is 32.2. The lowest BCUT2D eigenvalue weighted by atomic mass is 10.1. The van der Waals surface area contributed by atoms with Crippen LogP contribution in [-0.2, 0) is 16.6 Å². The fourth-order valence-corrected chi connectivity index (χ4v) is 4.74. The van der Waals surface area contributed by atoms with Crippen molar-refractivity contribution in [3.63, 3.8) is 0 Å². The summed E-state index contributed by atoms with van der Waals surface area (Å²) in [6, 6.07) is 16.9. The molecule has 0 radical (unpaired) electrons. The van der Waals surface area contributed by atoms with Gasteiger partial charge in [-0.2, -0.15) is 0 Å². The molecule has 8 heteroatoms. The molecule has 0 atom stereocenters. The van der Waals surface area contributed by atoms with E-state index in [0.717, 1.165) is 19.6 Å². The van der Waals surface area contributed by atoms with Crippen LogP contribution < -0.4 is 10.0 Å². The van der Waals surface area contributed by atoms with E-state index in [1.165, 1.54) is 43.2 Å². The number of benzene rings is 2. The number of rotatable bonds is 7. The molecule has 1 aliphatic heterocycles. The molecule has 0 bridgehead atoms. The second kappa shape index (κ2) is 9.93. The summed E-state index contributed by atoms with van der Waals surface area (Å²) in [5, 5.41) is 2.81. The molecule has 1 aromatic heterocycles. The molecule has 2 heterocycles. The smallest absolute Gasteiger partial charge is 0.261 e. The second-order valence-corrected chi connectivity index (χ2v) is 9.54. The number of aromatic nitrogens is 1. The molecule has 1 aliphatic rings. The van der Waals surface area contributed by atoms with E-state index < -0.39 is 10.0 Å². The Balaban J connectivity index is 1.36. The van der Waals surface area contributed by atoms with Crippen LogP contribution in [0.4, 0.5) is 11.4 Å². The molecule has 166 valence electrons. The summed E-state index contributed by atoms with van der Waals surface area (Å²) >= 11 is 0. The van der Waals surface area contributed by atoms with Crippen molar-refractivity contribution >= 4 is 27.3 Å². The first kappa shape index (κ1) is 22.0. The SMILES string of the molecule is O=C(Nc1ccc(S(=O)(=O)Nc2cccnc2)cc1)c1ccc(CN2CCCCC2)cc1. The number of sulfonamides is 1. The van der Waals surface area contributed by atoms with Crippen LogP contribution >= 0.6 is 0 Å². The van der Waals surface area contributed by atoms with E-state index in [1.807, 2.05) is 24.3 Å². The Kier molecular flexibility index (Phi) is 6.82. The van der Waals surface area contributed by atoms with Gasteiger partial charge in [0.2, 0.25) is 0 Å². The van der Waals surface area contributed by atoms with Crippen LogP contribution in [0.3, 0.4) is 0 Å². The minimum absolute atomic E-state index is 0.0985. The molecule has 0 unspecified atom stereocenters. The number of amides is 1. The van der Waals surface area contributed by atoms with Crippen molar-refractivity contribution in [3.8, 4) is 0 Å².